The molecule has 2 rings (SSSR count). The van der Waals surface area contributed by atoms with E-state index in [-0.39, 0.29) is 11.4 Å². The molecule has 0 radical (unpaired) electrons. The Morgan fingerprint density at radius 3 is 2.78 bits per heavy atom. The Morgan fingerprint density at radius 1 is 1.43 bits per heavy atom. The van der Waals surface area contributed by atoms with E-state index >= 15 is 0 Å². The van der Waals surface area contributed by atoms with Crippen LogP contribution in [0.1, 0.15) is 12.6 Å². The molecular weight excluding hydrogens is 384 g/mol. The molecule has 1 atom stereocenters. The maximum atomic E-state index is 12.0. The van der Waals surface area contributed by atoms with Crippen molar-refractivity contribution in [1.29, 1.82) is 0 Å². The summed E-state index contributed by atoms with van der Waals surface area (Å²) in [6.45, 7) is 3.01. The molecule has 1 heterocycles. The minimum absolute atomic E-state index is 0.206. The first kappa shape index (κ1) is 17.4. The first-order valence-corrected chi connectivity index (χ1v) is 8.45. The zero-order valence-corrected chi connectivity index (χ0v) is 14.9. The number of amides is 1. The molecule has 8 heteroatoms. The van der Waals surface area contributed by atoms with Crippen molar-refractivity contribution in [2.75, 3.05) is 5.32 Å². The maximum Gasteiger partial charge on any atom is 0.326 e. The summed E-state index contributed by atoms with van der Waals surface area (Å²) in [5.41, 5.74) is 1.28. The molecule has 0 bridgehead atoms. The van der Waals surface area contributed by atoms with Crippen molar-refractivity contribution in [2.45, 2.75) is 26.5 Å². The number of anilines is 1. The Bertz CT molecular complexity index is 784. The van der Waals surface area contributed by atoms with Gasteiger partial charge >= 0.3 is 10.8 Å². The molecule has 1 N–H and O–H groups in total. The van der Waals surface area contributed by atoms with Gasteiger partial charge in [-0.3, -0.25) is 19.0 Å². The van der Waals surface area contributed by atoms with Crippen molar-refractivity contribution in [2.24, 2.45) is 0 Å². The fourth-order valence-electron chi connectivity index (χ4n) is 1.82. The van der Waals surface area contributed by atoms with Crippen molar-refractivity contribution in [3.8, 4) is 0 Å². The van der Waals surface area contributed by atoms with Crippen LogP contribution in [0.25, 0.3) is 0 Å². The molecule has 6 nitrogen and oxygen atoms in total. The molecule has 0 saturated carbocycles. The highest BCUT2D eigenvalue weighted by Gasteiger charge is 2.19. The van der Waals surface area contributed by atoms with Crippen LogP contribution in [0.2, 0.25) is 0 Å². The third-order valence-corrected chi connectivity index (χ3v) is 4.41. The highest BCUT2D eigenvalue weighted by Crippen LogP contribution is 2.16. The molecule has 1 amide bonds. The van der Waals surface area contributed by atoms with Gasteiger partial charge in [0.05, 0.1) is 0 Å². The summed E-state index contributed by atoms with van der Waals surface area (Å²) in [5, 5.41) is 4.32. The van der Waals surface area contributed by atoms with Gasteiger partial charge < -0.3 is 10.1 Å². The lowest BCUT2D eigenvalue weighted by molar-refractivity contribution is -0.153. The Kier molecular flexibility index (Phi) is 5.73. The third kappa shape index (κ3) is 4.77. The summed E-state index contributed by atoms with van der Waals surface area (Å²) in [7, 11) is 0. The van der Waals surface area contributed by atoms with Gasteiger partial charge in [0.15, 0.2) is 6.10 Å². The number of esters is 1. The summed E-state index contributed by atoms with van der Waals surface area (Å²) in [4.78, 5) is 35.2. The van der Waals surface area contributed by atoms with Crippen LogP contribution in [-0.4, -0.2) is 22.5 Å². The lowest BCUT2D eigenvalue weighted by Gasteiger charge is -2.14. The molecule has 2 aromatic rings. The topological polar surface area (TPSA) is 77.4 Å². The first-order chi connectivity index (χ1) is 10.9. The molecule has 0 saturated heterocycles. The van der Waals surface area contributed by atoms with Crippen molar-refractivity contribution < 1.29 is 14.3 Å². The minimum atomic E-state index is -0.962. The fourth-order valence-corrected chi connectivity index (χ4v) is 2.96. The molecule has 0 fully saturated rings. The van der Waals surface area contributed by atoms with E-state index in [1.54, 1.807) is 30.5 Å². The lowest BCUT2D eigenvalue weighted by Crippen LogP contribution is -2.32. The number of hydrogen-bond acceptors (Lipinski definition) is 5. The number of carbonyl (C=O) groups excluding carboxylic acids is 2. The van der Waals surface area contributed by atoms with Gasteiger partial charge in [-0.2, -0.15) is 0 Å². The molecule has 0 aliphatic rings. The van der Waals surface area contributed by atoms with Gasteiger partial charge in [0.1, 0.15) is 6.54 Å². The first-order valence-electron chi connectivity index (χ1n) is 6.77. The third-order valence-electron chi connectivity index (χ3n) is 3.03. The zero-order chi connectivity index (χ0) is 17.0. The monoisotopic (exact) mass is 398 g/mol. The molecule has 122 valence electrons. The number of rotatable bonds is 5. The molecule has 0 spiro atoms. The quantitative estimate of drug-likeness (QED) is 0.784. The number of carbonyl (C=O) groups is 2. The van der Waals surface area contributed by atoms with Crippen LogP contribution in [-0.2, 0) is 20.9 Å². The fraction of sp³-hybridized carbons (Fsp3) is 0.267. The Labute approximate surface area is 145 Å². The second-order valence-corrected chi connectivity index (χ2v) is 6.60. The predicted molar refractivity (Wildman–Crippen MR) is 91.6 cm³/mol. The molecule has 0 aliphatic carbocycles. The van der Waals surface area contributed by atoms with Crippen LogP contribution in [0.5, 0.6) is 0 Å². The highest BCUT2D eigenvalue weighted by atomic mass is 79.9. The predicted octanol–water partition coefficient (Wildman–Crippen LogP) is 2.55. The van der Waals surface area contributed by atoms with Crippen LogP contribution in [0.4, 0.5) is 5.69 Å². The van der Waals surface area contributed by atoms with Gasteiger partial charge in [0.2, 0.25) is 0 Å². The molecular formula is C15H15BrN2O4S. The van der Waals surface area contributed by atoms with Crippen LogP contribution in [0.15, 0.2) is 38.9 Å². The number of nitrogens with zero attached hydrogens (tertiary/aromatic N) is 1. The minimum Gasteiger partial charge on any atom is -0.451 e. The van der Waals surface area contributed by atoms with Gasteiger partial charge in [-0.15, -0.1) is 0 Å². The molecule has 23 heavy (non-hydrogen) atoms. The van der Waals surface area contributed by atoms with Gasteiger partial charge in [0, 0.05) is 21.2 Å². The SMILES string of the molecule is Cc1csc(=O)n1CC(=O)O[C@@H](C)C(=O)Nc1cccc(Br)c1. The number of ether oxygens (including phenoxy) is 1. The summed E-state index contributed by atoms with van der Waals surface area (Å²) in [5.74, 6) is -1.07. The van der Waals surface area contributed by atoms with Crippen molar-refractivity contribution >= 4 is 44.8 Å². The van der Waals surface area contributed by atoms with Crippen LogP contribution in [0, 0.1) is 6.92 Å². The van der Waals surface area contributed by atoms with E-state index in [4.69, 9.17) is 4.74 Å². The van der Waals surface area contributed by atoms with Crippen LogP contribution in [0.3, 0.4) is 0 Å². The molecule has 0 unspecified atom stereocenters. The van der Waals surface area contributed by atoms with Gasteiger partial charge in [-0.1, -0.05) is 33.3 Å². The van der Waals surface area contributed by atoms with Gasteiger partial charge in [-0.05, 0) is 32.0 Å². The standard InChI is InChI=1S/C15H15BrN2O4S/c1-9-8-23-15(21)18(9)7-13(19)22-10(2)14(20)17-12-5-3-4-11(16)6-12/h3-6,8,10H,7H2,1-2H3,(H,17,20)/t10-/m0/s1. The number of aromatic nitrogens is 1. The summed E-state index contributed by atoms with van der Waals surface area (Å²) >= 11 is 4.33. The Morgan fingerprint density at radius 2 is 2.17 bits per heavy atom. The highest BCUT2D eigenvalue weighted by molar-refractivity contribution is 9.10. The average molecular weight is 399 g/mol. The van der Waals surface area contributed by atoms with Gasteiger partial charge in [-0.25, -0.2) is 0 Å². The van der Waals surface area contributed by atoms with E-state index in [9.17, 15) is 14.4 Å². The molecule has 1 aromatic carbocycles. The number of hydrogen-bond donors (Lipinski definition) is 1. The van der Waals surface area contributed by atoms with E-state index in [1.807, 2.05) is 6.07 Å². The van der Waals surface area contributed by atoms with Crippen LogP contribution >= 0.6 is 27.3 Å². The number of thiazole rings is 1. The van der Waals surface area contributed by atoms with Crippen LogP contribution < -0.4 is 10.2 Å². The zero-order valence-electron chi connectivity index (χ0n) is 12.5. The second-order valence-electron chi connectivity index (χ2n) is 4.86. The van der Waals surface area contributed by atoms with E-state index in [1.165, 1.54) is 11.5 Å². The largest absolute Gasteiger partial charge is 0.451 e. The molecule has 0 aliphatic heterocycles. The van der Waals surface area contributed by atoms with E-state index in [0.717, 1.165) is 15.8 Å². The Balaban J connectivity index is 1.93. The normalized spacial score (nSPS) is 11.8. The van der Waals surface area contributed by atoms with Crippen molar-refractivity contribution in [3.63, 3.8) is 0 Å². The summed E-state index contributed by atoms with van der Waals surface area (Å²) in [6, 6.07) is 7.08. The van der Waals surface area contributed by atoms with Crippen molar-refractivity contribution in [1.82, 2.24) is 4.57 Å². The maximum absolute atomic E-state index is 12.0. The number of halogens is 1. The van der Waals surface area contributed by atoms with E-state index in [0.29, 0.717) is 11.4 Å². The average Bonchev–Trinajstić information content (AvgIpc) is 2.79. The number of nitrogens with one attached hydrogen (secondary N) is 1. The van der Waals surface area contributed by atoms with Crippen molar-refractivity contribution in [3.05, 3.63) is 49.5 Å². The van der Waals surface area contributed by atoms with E-state index < -0.39 is 18.0 Å². The number of aryl methyl sites for hydroxylation is 1. The summed E-state index contributed by atoms with van der Waals surface area (Å²) < 4.78 is 7.22. The number of benzene rings is 1. The Hall–Kier alpha value is -1.93. The van der Waals surface area contributed by atoms with E-state index in [2.05, 4.69) is 21.2 Å². The van der Waals surface area contributed by atoms with Gasteiger partial charge in [0.25, 0.3) is 5.91 Å². The smallest absolute Gasteiger partial charge is 0.326 e. The molecule has 1 aromatic heterocycles. The second kappa shape index (κ2) is 7.56. The lowest BCUT2D eigenvalue weighted by atomic mass is 10.3. The summed E-state index contributed by atoms with van der Waals surface area (Å²) in [6.07, 6.45) is -0.962.